The average Bonchev–Trinajstić information content (AvgIpc) is 2.59. The third-order valence-electron chi connectivity index (χ3n) is 2.36. The van der Waals surface area contributed by atoms with E-state index < -0.39 is 5.82 Å². The van der Waals surface area contributed by atoms with Gasteiger partial charge < -0.3 is 10.3 Å². The van der Waals surface area contributed by atoms with Crippen molar-refractivity contribution in [3.8, 4) is 11.3 Å². The second-order valence-corrected chi connectivity index (χ2v) is 3.73. The van der Waals surface area contributed by atoms with Crippen molar-refractivity contribution in [1.29, 1.82) is 0 Å². The molecule has 1 heterocycles. The Morgan fingerprint density at radius 2 is 2.25 bits per heavy atom. The molecule has 0 atom stereocenters. The molecule has 0 saturated carbocycles. The number of rotatable bonds is 2. The van der Waals surface area contributed by atoms with Crippen LogP contribution in [0.15, 0.2) is 22.7 Å². The lowest BCUT2D eigenvalue weighted by molar-refractivity contribution is 0.432. The van der Waals surface area contributed by atoms with Crippen LogP contribution in [0.25, 0.3) is 11.3 Å². The Morgan fingerprint density at radius 3 is 2.88 bits per heavy atom. The van der Waals surface area contributed by atoms with E-state index in [0.717, 1.165) is 0 Å². The van der Waals surface area contributed by atoms with E-state index in [0.29, 0.717) is 17.7 Å². The van der Waals surface area contributed by atoms with Gasteiger partial charge in [-0.1, -0.05) is 29.7 Å². The van der Waals surface area contributed by atoms with Gasteiger partial charge in [0.25, 0.3) is 0 Å². The van der Waals surface area contributed by atoms with E-state index in [2.05, 4.69) is 5.16 Å². The summed E-state index contributed by atoms with van der Waals surface area (Å²) in [4.78, 5) is 0. The highest BCUT2D eigenvalue weighted by molar-refractivity contribution is 6.33. The summed E-state index contributed by atoms with van der Waals surface area (Å²) in [7, 11) is 0. The van der Waals surface area contributed by atoms with Crippen LogP contribution in [0.5, 0.6) is 0 Å². The number of hydrogen-bond donors (Lipinski definition) is 1. The van der Waals surface area contributed by atoms with Gasteiger partial charge in [-0.2, -0.15) is 0 Å². The van der Waals surface area contributed by atoms with Crippen LogP contribution in [0.1, 0.15) is 12.5 Å². The van der Waals surface area contributed by atoms with Gasteiger partial charge in [0.15, 0.2) is 11.6 Å². The maximum absolute atomic E-state index is 13.6. The first-order chi connectivity index (χ1) is 7.65. The van der Waals surface area contributed by atoms with Crippen LogP contribution in [0, 0.1) is 5.82 Å². The number of hydrogen-bond acceptors (Lipinski definition) is 3. The molecule has 2 aromatic rings. The maximum atomic E-state index is 13.6. The second-order valence-electron chi connectivity index (χ2n) is 3.33. The summed E-state index contributed by atoms with van der Waals surface area (Å²) in [5, 5.41) is 3.91. The molecule has 0 amide bonds. The molecular formula is C11H10ClFN2O. The largest absolute Gasteiger partial charge is 0.381 e. The zero-order chi connectivity index (χ0) is 11.7. The molecule has 0 spiro atoms. The Morgan fingerprint density at radius 1 is 1.50 bits per heavy atom. The van der Waals surface area contributed by atoms with Crippen molar-refractivity contribution in [3.05, 3.63) is 34.6 Å². The van der Waals surface area contributed by atoms with Gasteiger partial charge in [-0.15, -0.1) is 0 Å². The van der Waals surface area contributed by atoms with E-state index in [-0.39, 0.29) is 16.4 Å². The van der Waals surface area contributed by atoms with Crippen molar-refractivity contribution in [1.82, 2.24) is 5.16 Å². The zero-order valence-electron chi connectivity index (χ0n) is 8.63. The Balaban J connectivity index is 2.67. The molecule has 0 fully saturated rings. The van der Waals surface area contributed by atoms with Crippen molar-refractivity contribution in [2.24, 2.45) is 0 Å². The lowest BCUT2D eigenvalue weighted by Crippen LogP contribution is -1.92. The maximum Gasteiger partial charge on any atom is 0.176 e. The number of halogens is 2. The summed E-state index contributed by atoms with van der Waals surface area (Å²) >= 11 is 5.93. The third kappa shape index (κ3) is 1.65. The molecule has 3 nitrogen and oxygen atoms in total. The van der Waals surface area contributed by atoms with Crippen molar-refractivity contribution >= 4 is 17.4 Å². The fraction of sp³-hybridized carbons (Fsp3) is 0.182. The molecule has 2 rings (SSSR count). The number of anilines is 1. The zero-order valence-corrected chi connectivity index (χ0v) is 9.38. The normalized spacial score (nSPS) is 10.7. The van der Waals surface area contributed by atoms with E-state index in [1.54, 1.807) is 6.07 Å². The fourth-order valence-corrected chi connectivity index (χ4v) is 1.82. The summed E-state index contributed by atoms with van der Waals surface area (Å²) in [5.74, 6) is 0.137. The van der Waals surface area contributed by atoms with Gasteiger partial charge in [-0.3, -0.25) is 0 Å². The van der Waals surface area contributed by atoms with Gasteiger partial charge in [-0.25, -0.2) is 4.39 Å². The molecule has 0 aliphatic carbocycles. The van der Waals surface area contributed by atoms with Crippen molar-refractivity contribution in [2.75, 3.05) is 5.73 Å². The van der Waals surface area contributed by atoms with Crippen molar-refractivity contribution in [2.45, 2.75) is 13.3 Å². The number of nitrogen functional groups attached to an aromatic ring is 1. The summed E-state index contributed by atoms with van der Waals surface area (Å²) in [5.41, 5.74) is 6.51. The number of benzene rings is 1. The minimum absolute atomic E-state index is 0.213. The van der Waals surface area contributed by atoms with Gasteiger partial charge in [0.1, 0.15) is 5.82 Å². The minimum Gasteiger partial charge on any atom is -0.381 e. The number of nitrogens with zero attached hydrogens (tertiary/aromatic N) is 1. The monoisotopic (exact) mass is 240 g/mol. The topological polar surface area (TPSA) is 52.0 Å². The molecule has 2 N–H and O–H groups in total. The number of nitrogens with two attached hydrogens (primary N) is 1. The molecule has 0 aliphatic rings. The molecule has 84 valence electrons. The standard InChI is InChI=1S/C11H10ClFN2O/c1-2-6-10(16-15-11(6)14)9-7(12)4-3-5-8(9)13/h3-5H,2H2,1H3,(H2,14,15). The van der Waals surface area contributed by atoms with Crippen LogP contribution in [-0.2, 0) is 6.42 Å². The van der Waals surface area contributed by atoms with E-state index in [9.17, 15) is 4.39 Å². The molecule has 0 unspecified atom stereocenters. The Bertz CT molecular complexity index is 504. The predicted octanol–water partition coefficient (Wildman–Crippen LogP) is 3.28. The summed E-state index contributed by atoms with van der Waals surface area (Å²) in [6, 6.07) is 4.45. The lowest BCUT2D eigenvalue weighted by Gasteiger charge is -2.03. The highest BCUT2D eigenvalue weighted by Gasteiger charge is 2.19. The molecular weight excluding hydrogens is 231 g/mol. The molecule has 0 radical (unpaired) electrons. The molecule has 0 saturated heterocycles. The summed E-state index contributed by atoms with van der Waals surface area (Å²) < 4.78 is 18.7. The second kappa shape index (κ2) is 4.14. The first-order valence-electron chi connectivity index (χ1n) is 4.83. The van der Waals surface area contributed by atoms with Crippen molar-refractivity contribution in [3.63, 3.8) is 0 Å². The fourth-order valence-electron chi connectivity index (χ4n) is 1.57. The average molecular weight is 241 g/mol. The van der Waals surface area contributed by atoms with E-state index in [4.69, 9.17) is 21.9 Å². The quantitative estimate of drug-likeness (QED) is 0.876. The van der Waals surface area contributed by atoms with E-state index >= 15 is 0 Å². The molecule has 16 heavy (non-hydrogen) atoms. The Hall–Kier alpha value is -1.55. The van der Waals surface area contributed by atoms with Crippen LogP contribution in [-0.4, -0.2) is 5.16 Å². The van der Waals surface area contributed by atoms with Crippen LogP contribution in [0.4, 0.5) is 10.2 Å². The van der Waals surface area contributed by atoms with Gasteiger partial charge in [0.2, 0.25) is 0 Å². The van der Waals surface area contributed by atoms with Crippen LogP contribution < -0.4 is 5.73 Å². The van der Waals surface area contributed by atoms with Gasteiger partial charge in [0.05, 0.1) is 10.6 Å². The van der Waals surface area contributed by atoms with Crippen LogP contribution >= 0.6 is 11.6 Å². The van der Waals surface area contributed by atoms with E-state index in [1.165, 1.54) is 12.1 Å². The lowest BCUT2D eigenvalue weighted by atomic mass is 10.1. The molecule has 1 aromatic heterocycles. The van der Waals surface area contributed by atoms with Crippen molar-refractivity contribution < 1.29 is 8.91 Å². The minimum atomic E-state index is -0.446. The number of aromatic nitrogens is 1. The molecule has 0 bridgehead atoms. The smallest absolute Gasteiger partial charge is 0.176 e. The Labute approximate surface area is 97.0 Å². The van der Waals surface area contributed by atoms with E-state index in [1.807, 2.05) is 6.92 Å². The van der Waals surface area contributed by atoms with Crippen LogP contribution in [0.2, 0.25) is 5.02 Å². The predicted molar refractivity (Wildman–Crippen MR) is 60.7 cm³/mol. The highest BCUT2D eigenvalue weighted by Crippen LogP contribution is 2.35. The Kier molecular flexibility index (Phi) is 2.83. The van der Waals surface area contributed by atoms with Gasteiger partial charge in [-0.05, 0) is 18.6 Å². The highest BCUT2D eigenvalue weighted by atomic mass is 35.5. The SMILES string of the molecule is CCc1c(N)noc1-c1c(F)cccc1Cl. The first kappa shape index (κ1) is 11.0. The first-order valence-corrected chi connectivity index (χ1v) is 5.21. The molecule has 1 aromatic carbocycles. The van der Waals surface area contributed by atoms with Crippen LogP contribution in [0.3, 0.4) is 0 Å². The summed E-state index contributed by atoms with van der Waals surface area (Å²) in [6.07, 6.45) is 0.606. The van der Waals surface area contributed by atoms with Gasteiger partial charge in [0, 0.05) is 5.56 Å². The van der Waals surface area contributed by atoms with Gasteiger partial charge >= 0.3 is 0 Å². The third-order valence-corrected chi connectivity index (χ3v) is 2.68. The molecule has 0 aliphatic heterocycles. The summed E-state index contributed by atoms with van der Waals surface area (Å²) in [6.45, 7) is 1.89. The molecule has 5 heteroatoms.